The molecule has 2 saturated heterocycles. The van der Waals surface area contributed by atoms with Gasteiger partial charge in [0.2, 0.25) is 11.8 Å². The molecule has 0 saturated carbocycles. The minimum atomic E-state index is -1.33. The zero-order valence-corrected chi connectivity index (χ0v) is 22.6. The number of benzene rings is 2. The molecule has 4 aliphatic rings. The highest BCUT2D eigenvalue weighted by atomic mass is 16.5. The standard InChI is InChI=1S/C31H35N3O5/c1-4-22(19-35)34-26-29(38)33(23-13-12-20-10-6-7-11-21(20)18-23)17-9-15-31(26)25(28(34)37)24-27(36)32(3)16-8-14-30(24,5-2)39-31/h6-15,18,22,24-26,35H,4-5,16-17,19H2,1-3H3/t22-,24-,25-,26?,30+,31-/m0/s1. The van der Waals surface area contributed by atoms with Gasteiger partial charge in [-0.25, -0.2) is 0 Å². The lowest BCUT2D eigenvalue weighted by Gasteiger charge is -2.40. The summed E-state index contributed by atoms with van der Waals surface area (Å²) in [5, 5.41) is 12.4. The number of aliphatic hydroxyl groups is 1. The first-order chi connectivity index (χ1) is 18.8. The van der Waals surface area contributed by atoms with Gasteiger partial charge in [0.25, 0.3) is 5.91 Å². The lowest BCUT2D eigenvalue weighted by Crippen LogP contribution is -2.59. The van der Waals surface area contributed by atoms with Crippen molar-refractivity contribution < 1.29 is 24.2 Å². The van der Waals surface area contributed by atoms with Gasteiger partial charge in [0, 0.05) is 25.8 Å². The first kappa shape index (κ1) is 25.8. The van der Waals surface area contributed by atoms with E-state index in [1.807, 2.05) is 80.6 Å². The number of hydrogen-bond acceptors (Lipinski definition) is 5. The number of anilines is 1. The van der Waals surface area contributed by atoms with E-state index in [1.165, 1.54) is 4.90 Å². The summed E-state index contributed by atoms with van der Waals surface area (Å²) in [4.78, 5) is 47.7. The van der Waals surface area contributed by atoms with Crippen molar-refractivity contribution >= 4 is 34.2 Å². The highest BCUT2D eigenvalue weighted by molar-refractivity contribution is 6.06. The van der Waals surface area contributed by atoms with Crippen molar-refractivity contribution in [3.05, 3.63) is 66.8 Å². The molecule has 6 atom stereocenters. The molecule has 8 heteroatoms. The topological polar surface area (TPSA) is 90.4 Å². The van der Waals surface area contributed by atoms with E-state index >= 15 is 0 Å². The summed E-state index contributed by atoms with van der Waals surface area (Å²) < 4.78 is 6.95. The van der Waals surface area contributed by atoms with Crippen LogP contribution in [0.5, 0.6) is 0 Å². The van der Waals surface area contributed by atoms with Crippen LogP contribution in [0.3, 0.4) is 0 Å². The molecule has 204 valence electrons. The Bertz CT molecular complexity index is 1400. The van der Waals surface area contributed by atoms with E-state index in [0.717, 1.165) is 16.5 Å². The molecular formula is C31H35N3O5. The predicted molar refractivity (Wildman–Crippen MR) is 148 cm³/mol. The van der Waals surface area contributed by atoms with Crippen molar-refractivity contribution in [2.45, 2.75) is 50.0 Å². The summed E-state index contributed by atoms with van der Waals surface area (Å²) in [5.74, 6) is -2.39. The Morgan fingerprint density at radius 2 is 1.69 bits per heavy atom. The number of carbonyl (C=O) groups is 3. The second-order valence-electron chi connectivity index (χ2n) is 11.1. The molecule has 4 heterocycles. The maximum Gasteiger partial charge on any atom is 0.253 e. The first-order valence-corrected chi connectivity index (χ1v) is 13.9. The number of carbonyl (C=O) groups excluding carboxylic acids is 3. The van der Waals surface area contributed by atoms with Crippen molar-refractivity contribution in [3.63, 3.8) is 0 Å². The third kappa shape index (κ3) is 3.54. The largest absolute Gasteiger partial charge is 0.394 e. The summed E-state index contributed by atoms with van der Waals surface area (Å²) >= 11 is 0. The van der Waals surface area contributed by atoms with Gasteiger partial charge in [-0.1, -0.05) is 68.5 Å². The number of nitrogens with zero attached hydrogens (tertiary/aromatic N) is 3. The van der Waals surface area contributed by atoms with Gasteiger partial charge in [-0.3, -0.25) is 14.4 Å². The molecule has 8 nitrogen and oxygen atoms in total. The quantitative estimate of drug-likeness (QED) is 0.602. The van der Waals surface area contributed by atoms with Crippen LogP contribution in [0.15, 0.2) is 66.8 Å². The fourth-order valence-electron chi connectivity index (χ4n) is 7.20. The maximum atomic E-state index is 14.6. The van der Waals surface area contributed by atoms with E-state index < -0.39 is 35.1 Å². The number of amides is 3. The Kier molecular flexibility index (Phi) is 6.15. The zero-order valence-electron chi connectivity index (χ0n) is 22.6. The molecule has 4 aliphatic heterocycles. The molecule has 6 rings (SSSR count). The molecular weight excluding hydrogens is 494 g/mol. The molecule has 39 heavy (non-hydrogen) atoms. The molecule has 0 bridgehead atoms. The molecule has 2 aromatic rings. The fraction of sp³-hybridized carbons (Fsp3) is 0.452. The number of rotatable bonds is 5. The third-order valence-electron chi connectivity index (χ3n) is 9.20. The minimum absolute atomic E-state index is 0.161. The Balaban J connectivity index is 1.52. The number of aliphatic hydroxyl groups excluding tert-OH is 1. The molecule has 2 aromatic carbocycles. The van der Waals surface area contributed by atoms with Crippen molar-refractivity contribution in [1.82, 2.24) is 9.80 Å². The maximum absolute atomic E-state index is 14.6. The highest BCUT2D eigenvalue weighted by Gasteiger charge is 2.75. The molecule has 2 fully saturated rings. The second kappa shape index (κ2) is 9.31. The van der Waals surface area contributed by atoms with Crippen LogP contribution in [0.2, 0.25) is 0 Å². The molecule has 1 spiro atoms. The van der Waals surface area contributed by atoms with Crippen LogP contribution in [0.1, 0.15) is 26.7 Å². The van der Waals surface area contributed by atoms with Crippen LogP contribution >= 0.6 is 0 Å². The Hall–Kier alpha value is -3.49. The van der Waals surface area contributed by atoms with Crippen LogP contribution in [0, 0.1) is 11.8 Å². The van der Waals surface area contributed by atoms with Crippen molar-refractivity contribution in [2.24, 2.45) is 11.8 Å². The number of fused-ring (bicyclic) bond motifs is 3. The second-order valence-corrected chi connectivity index (χ2v) is 11.1. The number of hydrogen-bond donors (Lipinski definition) is 1. The van der Waals surface area contributed by atoms with Crippen LogP contribution in [-0.2, 0) is 19.1 Å². The Morgan fingerprint density at radius 3 is 2.41 bits per heavy atom. The van der Waals surface area contributed by atoms with Gasteiger partial charge in [0.15, 0.2) is 0 Å². The molecule has 0 aliphatic carbocycles. The highest BCUT2D eigenvalue weighted by Crippen LogP contribution is 2.59. The third-order valence-corrected chi connectivity index (χ3v) is 9.20. The van der Waals surface area contributed by atoms with E-state index in [9.17, 15) is 19.5 Å². The van der Waals surface area contributed by atoms with Gasteiger partial charge in [0.1, 0.15) is 11.6 Å². The van der Waals surface area contributed by atoms with Crippen molar-refractivity contribution in [3.8, 4) is 0 Å². The zero-order chi connectivity index (χ0) is 27.5. The van der Waals surface area contributed by atoms with E-state index in [2.05, 4.69) is 0 Å². The lowest BCUT2D eigenvalue weighted by atomic mass is 9.73. The molecule has 1 unspecified atom stereocenters. The minimum Gasteiger partial charge on any atom is -0.394 e. The lowest BCUT2D eigenvalue weighted by molar-refractivity contribution is -0.152. The SMILES string of the molecule is CC[C@@H](CO)N1C(=O)[C@@H]2[C@H]3C(=O)N(C)CC=C[C@@]3(CC)O[C@@]23C=CCN(c2ccc4ccccc4c2)C(=O)C13. The normalized spacial score (nSPS) is 32.8. The number of ether oxygens (including phenoxy) is 1. The Labute approximate surface area is 228 Å². The van der Waals surface area contributed by atoms with Gasteiger partial charge in [-0.2, -0.15) is 0 Å². The first-order valence-electron chi connectivity index (χ1n) is 13.9. The summed E-state index contributed by atoms with van der Waals surface area (Å²) in [6.45, 7) is 4.29. The van der Waals surface area contributed by atoms with Crippen LogP contribution in [0.25, 0.3) is 10.8 Å². The fourth-order valence-corrected chi connectivity index (χ4v) is 7.20. The van der Waals surface area contributed by atoms with E-state index in [0.29, 0.717) is 25.9 Å². The van der Waals surface area contributed by atoms with Crippen LogP contribution in [-0.4, -0.2) is 82.7 Å². The van der Waals surface area contributed by atoms with E-state index in [1.54, 1.807) is 16.8 Å². The summed E-state index contributed by atoms with van der Waals surface area (Å²) in [5.41, 5.74) is -1.61. The summed E-state index contributed by atoms with van der Waals surface area (Å²) in [7, 11) is 1.73. The Morgan fingerprint density at radius 1 is 0.949 bits per heavy atom. The van der Waals surface area contributed by atoms with Gasteiger partial charge in [0.05, 0.1) is 30.1 Å². The summed E-state index contributed by atoms with van der Waals surface area (Å²) in [6, 6.07) is 12.3. The van der Waals surface area contributed by atoms with E-state index in [-0.39, 0.29) is 24.3 Å². The molecule has 0 aromatic heterocycles. The van der Waals surface area contributed by atoms with Gasteiger partial charge in [-0.15, -0.1) is 0 Å². The van der Waals surface area contributed by atoms with Gasteiger partial charge < -0.3 is 24.5 Å². The summed E-state index contributed by atoms with van der Waals surface area (Å²) in [6.07, 6.45) is 8.54. The molecule has 1 N–H and O–H groups in total. The van der Waals surface area contributed by atoms with E-state index in [4.69, 9.17) is 4.74 Å². The average molecular weight is 530 g/mol. The van der Waals surface area contributed by atoms with Gasteiger partial charge in [-0.05, 0) is 35.7 Å². The predicted octanol–water partition coefficient (Wildman–Crippen LogP) is 2.90. The smallest absolute Gasteiger partial charge is 0.253 e. The van der Waals surface area contributed by atoms with Gasteiger partial charge >= 0.3 is 0 Å². The van der Waals surface area contributed by atoms with Crippen molar-refractivity contribution in [1.29, 1.82) is 0 Å². The van der Waals surface area contributed by atoms with Crippen molar-refractivity contribution in [2.75, 3.05) is 31.6 Å². The van der Waals surface area contributed by atoms with Crippen LogP contribution in [0.4, 0.5) is 5.69 Å². The number of likely N-dealkylation sites (N-methyl/N-ethyl adjacent to an activating group) is 1. The average Bonchev–Trinajstić information content (AvgIpc) is 3.25. The molecule has 0 radical (unpaired) electrons. The van der Waals surface area contributed by atoms with Crippen LogP contribution < -0.4 is 4.90 Å². The molecule has 3 amide bonds. The monoisotopic (exact) mass is 529 g/mol. The number of likely N-dealkylation sites (tertiary alicyclic amines) is 1.